The molecule has 1 aliphatic heterocycles. The van der Waals surface area contributed by atoms with E-state index in [1.807, 2.05) is 13.8 Å². The molecule has 0 bridgehead atoms. The molecule has 2 fully saturated rings. The number of guanidine groups is 1. The molecule has 27 heavy (non-hydrogen) atoms. The molecule has 0 unspecified atom stereocenters. The molecule has 0 radical (unpaired) electrons. The normalized spacial score (nSPS) is 22.1. The van der Waals surface area contributed by atoms with Gasteiger partial charge in [0.15, 0.2) is 21.6 Å². The van der Waals surface area contributed by atoms with Gasteiger partial charge in [-0.15, -0.1) is 0 Å². The third-order valence-electron chi connectivity index (χ3n) is 5.58. The van der Waals surface area contributed by atoms with E-state index in [4.69, 9.17) is 9.52 Å². The van der Waals surface area contributed by atoms with E-state index >= 15 is 0 Å². The van der Waals surface area contributed by atoms with Crippen molar-refractivity contribution in [1.29, 1.82) is 0 Å². The number of aromatic nitrogens is 2. The number of nitrogens with zero attached hydrogens (tertiary/aromatic N) is 4. The van der Waals surface area contributed by atoms with Crippen LogP contribution in [0.15, 0.2) is 9.52 Å². The molecule has 9 heteroatoms. The molecule has 0 amide bonds. The molecule has 0 atom stereocenters. The molecule has 8 nitrogen and oxygen atoms in total. The fourth-order valence-corrected chi connectivity index (χ4v) is 6.20. The first kappa shape index (κ1) is 20.1. The first-order chi connectivity index (χ1) is 13.0. The second-order valence-electron chi connectivity index (χ2n) is 7.43. The maximum Gasteiger partial charge on any atom is 0.226 e. The number of hydrogen-bond donors (Lipinski definition) is 1. The lowest BCUT2D eigenvalue weighted by Gasteiger charge is -2.45. The zero-order valence-corrected chi connectivity index (χ0v) is 17.2. The molecule has 152 valence electrons. The lowest BCUT2D eigenvalue weighted by molar-refractivity contribution is 0.274. The van der Waals surface area contributed by atoms with E-state index in [2.05, 4.69) is 20.4 Å². The molecule has 1 saturated carbocycles. The standard InChI is InChI=1S/C18H31N5O3S/c1-3-16-21-15(22-26-16)8-11-20-17(19-4-2)23-12-13-27(24,25)18(14-23)9-6-5-7-10-18/h3-14H2,1-2H3,(H,19,20). The summed E-state index contributed by atoms with van der Waals surface area (Å²) in [5.74, 6) is 2.30. The van der Waals surface area contributed by atoms with E-state index in [0.29, 0.717) is 37.8 Å². The van der Waals surface area contributed by atoms with Crippen LogP contribution >= 0.6 is 0 Å². The minimum absolute atomic E-state index is 0.210. The molecule has 3 rings (SSSR count). The largest absolute Gasteiger partial charge is 0.357 e. The van der Waals surface area contributed by atoms with Crippen molar-refractivity contribution >= 4 is 15.8 Å². The van der Waals surface area contributed by atoms with Gasteiger partial charge in [-0.25, -0.2) is 8.42 Å². The Hall–Kier alpha value is -1.64. The molecule has 1 spiro atoms. The summed E-state index contributed by atoms with van der Waals surface area (Å²) in [7, 11) is -3.05. The van der Waals surface area contributed by atoms with Crippen molar-refractivity contribution in [3.05, 3.63) is 11.7 Å². The van der Waals surface area contributed by atoms with Crippen molar-refractivity contribution in [2.24, 2.45) is 4.99 Å². The Labute approximate surface area is 161 Å². The number of aryl methyl sites for hydroxylation is 1. The zero-order chi connectivity index (χ0) is 19.3. The summed E-state index contributed by atoms with van der Waals surface area (Å²) >= 11 is 0. The van der Waals surface area contributed by atoms with Gasteiger partial charge in [0.25, 0.3) is 0 Å². The molecule has 0 aromatic carbocycles. The van der Waals surface area contributed by atoms with Crippen LogP contribution in [0.2, 0.25) is 0 Å². The number of hydrogen-bond acceptors (Lipinski definition) is 6. The quantitative estimate of drug-likeness (QED) is 0.594. The summed E-state index contributed by atoms with van der Waals surface area (Å²) in [5, 5.41) is 7.28. The zero-order valence-electron chi connectivity index (χ0n) is 16.4. The Morgan fingerprint density at radius 3 is 2.74 bits per heavy atom. The molecular weight excluding hydrogens is 366 g/mol. The Kier molecular flexibility index (Phi) is 6.39. The van der Waals surface area contributed by atoms with Gasteiger partial charge in [-0.3, -0.25) is 4.99 Å². The number of rotatable bonds is 5. The van der Waals surface area contributed by atoms with Crippen LogP contribution in [0.25, 0.3) is 0 Å². The van der Waals surface area contributed by atoms with Crippen LogP contribution in [0.1, 0.15) is 57.7 Å². The molecule has 1 N–H and O–H groups in total. The van der Waals surface area contributed by atoms with Crippen molar-refractivity contribution in [3.63, 3.8) is 0 Å². The molecule has 2 aliphatic rings. The first-order valence-electron chi connectivity index (χ1n) is 10.1. The Morgan fingerprint density at radius 2 is 2.07 bits per heavy atom. The highest BCUT2D eigenvalue weighted by molar-refractivity contribution is 7.92. The van der Waals surface area contributed by atoms with Gasteiger partial charge in [-0.05, 0) is 19.8 Å². The lowest BCUT2D eigenvalue weighted by Crippen LogP contribution is -2.60. The minimum atomic E-state index is -3.05. The summed E-state index contributed by atoms with van der Waals surface area (Å²) < 4.78 is 30.1. The third-order valence-corrected chi connectivity index (χ3v) is 8.15. The second-order valence-corrected chi connectivity index (χ2v) is 9.93. The number of nitrogens with one attached hydrogen (secondary N) is 1. The summed E-state index contributed by atoms with van der Waals surface area (Å²) in [6, 6.07) is 0. The van der Waals surface area contributed by atoms with Gasteiger partial charge in [0.05, 0.1) is 10.5 Å². The predicted octanol–water partition coefficient (Wildman–Crippen LogP) is 1.57. The predicted molar refractivity (Wildman–Crippen MR) is 105 cm³/mol. The molecule has 1 aromatic heterocycles. The maximum absolute atomic E-state index is 12.8. The number of aliphatic imine (C=N–C) groups is 1. The van der Waals surface area contributed by atoms with E-state index in [1.165, 1.54) is 0 Å². The fourth-order valence-electron chi connectivity index (χ4n) is 4.04. The Balaban J connectivity index is 1.69. The molecule has 1 aromatic rings. The Bertz CT molecular complexity index is 753. The summed E-state index contributed by atoms with van der Waals surface area (Å²) in [5.41, 5.74) is 0. The highest BCUT2D eigenvalue weighted by atomic mass is 32.2. The number of sulfone groups is 1. The monoisotopic (exact) mass is 397 g/mol. The summed E-state index contributed by atoms with van der Waals surface area (Å²) in [6.45, 7) is 6.34. The van der Waals surface area contributed by atoms with Crippen molar-refractivity contribution < 1.29 is 12.9 Å². The van der Waals surface area contributed by atoms with E-state index in [0.717, 1.165) is 51.0 Å². The topological polar surface area (TPSA) is 101 Å². The van der Waals surface area contributed by atoms with Gasteiger partial charge in [0.2, 0.25) is 5.89 Å². The van der Waals surface area contributed by atoms with E-state index in [-0.39, 0.29) is 5.75 Å². The average Bonchev–Trinajstić information content (AvgIpc) is 3.12. The van der Waals surface area contributed by atoms with Gasteiger partial charge in [-0.1, -0.05) is 31.3 Å². The smallest absolute Gasteiger partial charge is 0.226 e. The van der Waals surface area contributed by atoms with Crippen molar-refractivity contribution in [1.82, 2.24) is 20.4 Å². The third kappa shape index (κ3) is 4.44. The van der Waals surface area contributed by atoms with E-state index in [1.54, 1.807) is 0 Å². The SMILES string of the molecule is CCNC(=NCCc1noc(CC)n1)N1CCS(=O)(=O)C2(CCCCC2)C1. The van der Waals surface area contributed by atoms with Crippen molar-refractivity contribution in [2.75, 3.05) is 31.9 Å². The van der Waals surface area contributed by atoms with Crippen LogP contribution < -0.4 is 5.32 Å². The van der Waals surface area contributed by atoms with Gasteiger partial charge in [0, 0.05) is 39.0 Å². The molecular formula is C18H31N5O3S. The second kappa shape index (κ2) is 8.58. The van der Waals surface area contributed by atoms with Crippen LogP contribution in [-0.4, -0.2) is 66.1 Å². The van der Waals surface area contributed by atoms with E-state index in [9.17, 15) is 8.42 Å². The maximum atomic E-state index is 12.8. The van der Waals surface area contributed by atoms with Crippen molar-refractivity contribution in [3.8, 4) is 0 Å². The van der Waals surface area contributed by atoms with Crippen LogP contribution in [-0.2, 0) is 22.7 Å². The molecule has 2 heterocycles. The van der Waals surface area contributed by atoms with Crippen LogP contribution in [0.3, 0.4) is 0 Å². The lowest BCUT2D eigenvalue weighted by atomic mass is 9.87. The van der Waals surface area contributed by atoms with Gasteiger partial charge in [-0.2, -0.15) is 4.98 Å². The highest BCUT2D eigenvalue weighted by Crippen LogP contribution is 2.38. The highest BCUT2D eigenvalue weighted by Gasteiger charge is 2.48. The van der Waals surface area contributed by atoms with E-state index < -0.39 is 14.6 Å². The van der Waals surface area contributed by atoms with Crippen LogP contribution in [0.5, 0.6) is 0 Å². The van der Waals surface area contributed by atoms with Crippen LogP contribution in [0.4, 0.5) is 0 Å². The fraction of sp³-hybridized carbons (Fsp3) is 0.833. The minimum Gasteiger partial charge on any atom is -0.357 e. The molecule has 1 aliphatic carbocycles. The average molecular weight is 398 g/mol. The first-order valence-corrected chi connectivity index (χ1v) is 11.7. The van der Waals surface area contributed by atoms with Crippen molar-refractivity contribution in [2.45, 2.75) is 63.5 Å². The summed E-state index contributed by atoms with van der Waals surface area (Å²) in [4.78, 5) is 11.1. The van der Waals surface area contributed by atoms with Gasteiger partial charge in [0.1, 0.15) is 0 Å². The van der Waals surface area contributed by atoms with Gasteiger partial charge < -0.3 is 14.7 Å². The molecule has 1 saturated heterocycles. The van der Waals surface area contributed by atoms with Gasteiger partial charge >= 0.3 is 0 Å². The Morgan fingerprint density at radius 1 is 1.30 bits per heavy atom. The summed E-state index contributed by atoms with van der Waals surface area (Å²) in [6.07, 6.45) is 6.01. The van der Waals surface area contributed by atoms with Crippen LogP contribution in [0, 0.1) is 0 Å².